The normalized spacial score (nSPS) is 16.6. The van der Waals surface area contributed by atoms with E-state index in [0.717, 1.165) is 55.6 Å². The summed E-state index contributed by atoms with van der Waals surface area (Å²) in [4.78, 5) is 96.5. The molecule has 2 aliphatic heterocycles. The van der Waals surface area contributed by atoms with Crippen molar-refractivity contribution in [1.82, 2.24) is 70.6 Å². The molecule has 6 amide bonds. The molecule has 2 fully saturated rings. The second kappa shape index (κ2) is 34.4. The van der Waals surface area contributed by atoms with Crippen LogP contribution in [0.2, 0.25) is 0 Å². The Bertz CT molecular complexity index is 4180. The van der Waals surface area contributed by atoms with Crippen molar-refractivity contribution in [3.05, 3.63) is 191 Å². The van der Waals surface area contributed by atoms with Crippen molar-refractivity contribution in [2.24, 2.45) is 0 Å². The van der Waals surface area contributed by atoms with Gasteiger partial charge in [0.05, 0.1) is 37.4 Å². The largest absolute Gasteiger partial charge is 0.448 e. The lowest BCUT2D eigenvalue weighted by Gasteiger charge is -2.33. The highest BCUT2D eigenvalue weighted by atomic mass is 16.6. The maximum atomic E-state index is 15.1. The van der Waals surface area contributed by atoms with Crippen LogP contribution in [0.15, 0.2) is 158 Å². The standard InChI is InChI=1S/C80H90N16O10/c1-53(91(7)79(101)105-51-69-65-39-21-17-35-61(65)62-36-18-22-40-66(62)69)73(97)81-71(75(99)93-43-27-33-59(93)49-95-77(83-85-87-95)89(5)47-57-29-13-11-14-30-57)55(3)103-45-25-9-10-26-46-104-56(4)72(76(100)94-44-28-34-60(94)50-96-78(84-86-88-96)90(6)48-58-31-15-12-16-32-58)82-74(98)54(2)92(8)80(102)106-52-70-67-41-23-19-37-63(67)64-38-20-24-42-68(64)70/h11-24,29-32,35-42,53-56,59-60,69-72H,27-28,33-34,43-52H2,1-8H3,(H,81,97)(H,82,98)/t53-,54-,55+,56+,59-,60-,71-,72-/m0/s1. The fourth-order valence-corrected chi connectivity index (χ4v) is 14.5. The van der Waals surface area contributed by atoms with E-state index in [-0.39, 0.29) is 63.4 Å². The Balaban J connectivity index is 0.705. The van der Waals surface area contributed by atoms with Crippen LogP contribution in [0.3, 0.4) is 0 Å². The van der Waals surface area contributed by atoms with E-state index >= 15 is 9.59 Å². The molecule has 106 heavy (non-hydrogen) atoms. The lowest BCUT2D eigenvalue weighted by molar-refractivity contribution is -0.142. The molecule has 8 atom stereocenters. The van der Waals surface area contributed by atoms with Gasteiger partial charge in [-0.25, -0.2) is 19.0 Å². The van der Waals surface area contributed by atoms with Gasteiger partial charge in [-0.2, -0.15) is 0 Å². The second-order valence-electron chi connectivity index (χ2n) is 27.5. The monoisotopic (exact) mass is 1430 g/mol. The van der Waals surface area contributed by atoms with Gasteiger partial charge in [0.25, 0.3) is 0 Å². The van der Waals surface area contributed by atoms with Crippen LogP contribution in [-0.4, -0.2) is 212 Å². The highest BCUT2D eigenvalue weighted by Crippen LogP contribution is 2.46. The number of benzene rings is 6. The van der Waals surface area contributed by atoms with E-state index in [4.69, 9.17) is 18.9 Å². The summed E-state index contributed by atoms with van der Waals surface area (Å²) in [5.41, 5.74) is 10.6. The number of ether oxygens (including phenoxy) is 4. The zero-order valence-electron chi connectivity index (χ0n) is 61.0. The van der Waals surface area contributed by atoms with Crippen LogP contribution < -0.4 is 20.4 Å². The highest BCUT2D eigenvalue weighted by molar-refractivity contribution is 5.93. The summed E-state index contributed by atoms with van der Waals surface area (Å²) in [7, 11) is 6.77. The van der Waals surface area contributed by atoms with Crippen molar-refractivity contribution in [3.8, 4) is 45.9 Å². The van der Waals surface area contributed by atoms with Crippen molar-refractivity contribution in [2.45, 2.75) is 140 Å². The highest BCUT2D eigenvalue weighted by Gasteiger charge is 2.42. The molecule has 8 aromatic rings. The Hall–Kier alpha value is -11.5. The van der Waals surface area contributed by atoms with E-state index in [1.807, 2.05) is 157 Å². The molecule has 0 spiro atoms. The number of hydrogen-bond acceptors (Lipinski definition) is 18. The maximum absolute atomic E-state index is 15.1. The minimum Gasteiger partial charge on any atom is -0.448 e. The lowest BCUT2D eigenvalue weighted by Crippen LogP contribution is -2.58. The molecule has 26 heteroatoms. The topological polar surface area (TPSA) is 270 Å². The number of amides is 6. The Labute approximate surface area is 617 Å². The number of hydrogen-bond donors (Lipinski definition) is 2. The summed E-state index contributed by atoms with van der Waals surface area (Å²) in [5, 5.41) is 31.2. The average Bonchev–Trinajstić information content (AvgIpc) is 1.62. The molecule has 0 saturated carbocycles. The van der Waals surface area contributed by atoms with E-state index in [0.29, 0.717) is 63.8 Å². The fraction of sp³-hybridized carbons (Fsp3) is 0.400. The summed E-state index contributed by atoms with van der Waals surface area (Å²) in [5.74, 6) is 9.98. The second-order valence-corrected chi connectivity index (χ2v) is 27.5. The predicted octanol–water partition coefficient (Wildman–Crippen LogP) is 7.94. The summed E-state index contributed by atoms with van der Waals surface area (Å²) < 4.78 is 27.7. The lowest BCUT2D eigenvalue weighted by atomic mass is 9.98. The Morgan fingerprint density at radius 1 is 0.481 bits per heavy atom. The Kier molecular flexibility index (Phi) is 24.1. The number of fused-ring (bicyclic) bond motifs is 6. The van der Waals surface area contributed by atoms with Crippen molar-refractivity contribution < 1.29 is 47.7 Å². The molecule has 4 aliphatic rings. The molecule has 2 aliphatic carbocycles. The number of aromatic nitrogens is 8. The van der Waals surface area contributed by atoms with Crippen molar-refractivity contribution in [1.29, 1.82) is 0 Å². The third-order valence-corrected chi connectivity index (χ3v) is 20.6. The van der Waals surface area contributed by atoms with E-state index in [1.54, 1.807) is 46.9 Å². The number of tetrazole rings is 2. The van der Waals surface area contributed by atoms with Gasteiger partial charge < -0.3 is 49.2 Å². The quantitative estimate of drug-likeness (QED) is 0.0440. The molecule has 0 radical (unpaired) electrons. The summed E-state index contributed by atoms with van der Waals surface area (Å²) in [6.07, 6.45) is -0.676. The predicted molar refractivity (Wildman–Crippen MR) is 397 cm³/mol. The van der Waals surface area contributed by atoms with E-state index in [2.05, 4.69) is 89.6 Å². The number of nitrogens with one attached hydrogen (secondary N) is 2. The van der Waals surface area contributed by atoms with Crippen LogP contribution in [-0.2, 0) is 64.3 Å². The third kappa shape index (κ3) is 17.0. The van der Waals surface area contributed by atoms with Gasteiger partial charge in [-0.3, -0.25) is 29.0 Å². The van der Waals surface area contributed by atoms with E-state index in [1.165, 1.54) is 23.9 Å². The molecule has 6 aromatic carbocycles. The summed E-state index contributed by atoms with van der Waals surface area (Å²) in [6, 6.07) is 46.6. The van der Waals surface area contributed by atoms with E-state index in [9.17, 15) is 19.2 Å². The molecule has 12 rings (SSSR count). The molecule has 0 unspecified atom stereocenters. The zero-order valence-corrected chi connectivity index (χ0v) is 61.0. The van der Waals surface area contributed by atoms with Crippen LogP contribution in [0.25, 0.3) is 22.3 Å². The Morgan fingerprint density at radius 2 is 0.821 bits per heavy atom. The minimum absolute atomic E-state index is 0.0480. The third-order valence-electron chi connectivity index (χ3n) is 20.6. The van der Waals surface area contributed by atoms with Gasteiger partial charge in [-0.05, 0) is 142 Å². The van der Waals surface area contributed by atoms with Crippen molar-refractivity contribution in [3.63, 3.8) is 0 Å². The molecule has 0 bridgehead atoms. The molecule has 2 saturated heterocycles. The molecule has 2 N–H and O–H groups in total. The molecule has 4 heterocycles. The number of likely N-dealkylation sites (tertiary alicyclic amines) is 2. The van der Waals surface area contributed by atoms with Gasteiger partial charge in [0.1, 0.15) is 50.6 Å². The first-order valence-electron chi connectivity index (χ1n) is 36.0. The molecule has 26 nitrogen and oxygen atoms in total. The van der Waals surface area contributed by atoms with Gasteiger partial charge in [0.2, 0.25) is 35.5 Å². The minimum atomic E-state index is -1.24. The van der Waals surface area contributed by atoms with Crippen molar-refractivity contribution in [2.75, 3.05) is 77.5 Å². The van der Waals surface area contributed by atoms with Gasteiger partial charge >= 0.3 is 12.2 Å². The number of carbonyl (C=O) groups is 6. The van der Waals surface area contributed by atoms with Gasteiger partial charge in [-0.15, -0.1) is 0 Å². The van der Waals surface area contributed by atoms with Crippen LogP contribution in [0, 0.1) is 23.7 Å². The summed E-state index contributed by atoms with van der Waals surface area (Å²) in [6.45, 7) is 8.60. The van der Waals surface area contributed by atoms with Gasteiger partial charge in [-0.1, -0.05) is 180 Å². The number of carbonyl (C=O) groups excluding carboxylic acids is 6. The number of nitrogens with zero attached hydrogens (tertiary/aromatic N) is 14. The summed E-state index contributed by atoms with van der Waals surface area (Å²) >= 11 is 0. The first-order valence-corrected chi connectivity index (χ1v) is 36.0. The van der Waals surface area contributed by atoms with Gasteiger partial charge in [0, 0.05) is 66.2 Å². The number of anilines is 2. The zero-order chi connectivity index (χ0) is 74.4. The number of rotatable bonds is 28. The van der Waals surface area contributed by atoms with Crippen LogP contribution in [0.5, 0.6) is 0 Å². The first kappa shape index (κ1) is 74.2. The van der Waals surface area contributed by atoms with Crippen molar-refractivity contribution >= 4 is 47.7 Å². The van der Waals surface area contributed by atoms with Gasteiger partial charge in [0.15, 0.2) is 0 Å². The van der Waals surface area contributed by atoms with Crippen LogP contribution in [0.1, 0.15) is 98.6 Å². The molecule has 550 valence electrons. The molecular formula is C80H90N16O10. The fourth-order valence-electron chi connectivity index (χ4n) is 14.5. The number of likely N-dealkylation sites (N-methyl/N-ethyl adjacent to an activating group) is 2. The molecular weight excluding hydrogens is 1340 g/mol. The van der Waals surface area contributed by atoms with E-state index < -0.39 is 72.2 Å². The molecule has 2 aromatic heterocycles. The Morgan fingerprint density at radius 3 is 1.18 bits per heavy atom. The van der Waals surface area contributed by atoms with Crippen LogP contribution in [0.4, 0.5) is 21.5 Å². The maximum Gasteiger partial charge on any atom is 0.410 e. The van der Waals surface area contributed by atoms with Crippen LogP contribution >= 0.6 is 0 Å². The average molecular weight is 1440 g/mol. The first-order chi connectivity index (χ1) is 51.4. The smallest absolute Gasteiger partial charge is 0.410 e. The SMILES string of the molecule is C[C@@H](OCC#CC#CCO[C@H](C)[C@H](NC(=O)[C@H](C)N(C)C(=O)OCC1c2ccccc2-c2ccccc21)C(=O)N1CCC[C@H]1Cn1nnnc1N(C)Cc1ccccc1)[C@H](NC(=O)[C@H](C)N(C)C(=O)OCC1c2ccccc2-c2ccccc21)C(=O)N1CCC[C@H]1Cn1nnnc1N(C)Cc1ccccc1.